The number of anilines is 1. The molecule has 0 N–H and O–H groups in total. The van der Waals surface area contributed by atoms with Crippen molar-refractivity contribution in [2.75, 3.05) is 4.90 Å². The van der Waals surface area contributed by atoms with E-state index in [9.17, 15) is 0 Å². The molecule has 0 heterocycles. The van der Waals surface area contributed by atoms with Crippen molar-refractivity contribution in [1.29, 1.82) is 0 Å². The first-order valence-electron chi connectivity index (χ1n) is 8.98. The van der Waals surface area contributed by atoms with Crippen LogP contribution in [0, 0.1) is 13.8 Å². The third-order valence-corrected chi connectivity index (χ3v) is 4.20. The monoisotopic (exact) mass is 353 g/mol. The summed E-state index contributed by atoms with van der Waals surface area (Å²) in [6.45, 7) is 16.5. The van der Waals surface area contributed by atoms with Crippen LogP contribution in [0.1, 0.15) is 49.9 Å². The van der Waals surface area contributed by atoms with Gasteiger partial charge in [0, 0.05) is 11.4 Å². The van der Waals surface area contributed by atoms with Crippen molar-refractivity contribution in [3.63, 3.8) is 0 Å². The summed E-state index contributed by atoms with van der Waals surface area (Å²) >= 11 is 4.56. The van der Waals surface area contributed by atoms with Gasteiger partial charge in [0.1, 0.15) is 0 Å². The van der Waals surface area contributed by atoms with Crippen LogP contribution in [0.25, 0.3) is 5.70 Å². The second-order valence-corrected chi connectivity index (χ2v) is 6.29. The van der Waals surface area contributed by atoms with Gasteiger partial charge in [0.15, 0.2) is 0 Å². The van der Waals surface area contributed by atoms with Crippen LogP contribution < -0.4 is 4.90 Å². The summed E-state index contributed by atoms with van der Waals surface area (Å²) in [7, 11) is 0. The fraction of sp³-hybridized carbons (Fsp3) is 0.304. The number of hydrogen-bond donors (Lipinski definition) is 1. The zero-order chi connectivity index (χ0) is 19.0. The van der Waals surface area contributed by atoms with Crippen LogP contribution in [0.3, 0.4) is 0 Å². The average molecular weight is 354 g/mol. The van der Waals surface area contributed by atoms with Gasteiger partial charge in [0.2, 0.25) is 0 Å². The summed E-state index contributed by atoms with van der Waals surface area (Å²) in [6, 6.07) is 15.1. The van der Waals surface area contributed by atoms with E-state index in [2.05, 4.69) is 100 Å². The highest BCUT2D eigenvalue weighted by molar-refractivity contribution is 7.84. The van der Waals surface area contributed by atoms with E-state index in [1.54, 1.807) is 0 Å². The highest BCUT2D eigenvalue weighted by Crippen LogP contribution is 2.34. The molecule has 2 heteroatoms. The largest absolute Gasteiger partial charge is 0.305 e. The van der Waals surface area contributed by atoms with Gasteiger partial charge < -0.3 is 4.90 Å². The minimum atomic E-state index is 0.715. The molecule has 0 radical (unpaired) electrons. The first kappa shape index (κ1) is 21.1. The van der Waals surface area contributed by atoms with Gasteiger partial charge in [0.25, 0.3) is 0 Å². The molecule has 0 aliphatic rings. The molecule has 0 atom stereocenters. The van der Waals surface area contributed by atoms with Gasteiger partial charge in [0.05, 0.1) is 5.03 Å². The highest BCUT2D eigenvalue weighted by atomic mass is 32.1. The Bertz CT molecular complexity index is 744. The van der Waals surface area contributed by atoms with Gasteiger partial charge in [-0.2, -0.15) is 0 Å². The van der Waals surface area contributed by atoms with Crippen LogP contribution in [-0.4, -0.2) is 0 Å². The van der Waals surface area contributed by atoms with E-state index in [1.165, 1.54) is 22.3 Å². The number of aryl methyl sites for hydroxylation is 3. The molecule has 0 aliphatic heterocycles. The van der Waals surface area contributed by atoms with E-state index < -0.39 is 0 Å². The van der Waals surface area contributed by atoms with Crippen molar-refractivity contribution in [2.45, 2.75) is 48.0 Å². The van der Waals surface area contributed by atoms with Crippen molar-refractivity contribution < 1.29 is 0 Å². The molecule has 0 aliphatic carbocycles. The quantitative estimate of drug-likeness (QED) is 0.558. The van der Waals surface area contributed by atoms with Gasteiger partial charge in [-0.1, -0.05) is 69.3 Å². The molecule has 0 unspecified atom stereocenters. The maximum atomic E-state index is 4.56. The maximum absolute atomic E-state index is 4.56. The van der Waals surface area contributed by atoms with E-state index in [0.29, 0.717) is 5.03 Å². The van der Waals surface area contributed by atoms with Gasteiger partial charge in [-0.05, 0) is 56.0 Å². The molecule has 0 amide bonds. The molecule has 0 saturated carbocycles. The van der Waals surface area contributed by atoms with Crippen LogP contribution in [0.4, 0.5) is 5.69 Å². The fourth-order valence-electron chi connectivity index (χ4n) is 2.84. The lowest BCUT2D eigenvalue weighted by Crippen LogP contribution is -2.19. The summed E-state index contributed by atoms with van der Waals surface area (Å²) in [5.41, 5.74) is 7.20. The van der Waals surface area contributed by atoms with Crippen molar-refractivity contribution in [3.05, 3.63) is 82.4 Å². The van der Waals surface area contributed by atoms with Crippen molar-refractivity contribution >= 4 is 24.0 Å². The van der Waals surface area contributed by atoms with Crippen molar-refractivity contribution in [2.24, 2.45) is 0 Å². The van der Waals surface area contributed by atoms with Gasteiger partial charge in [-0.15, -0.1) is 12.6 Å². The van der Waals surface area contributed by atoms with E-state index in [-0.39, 0.29) is 0 Å². The Morgan fingerprint density at radius 2 is 1.80 bits per heavy atom. The summed E-state index contributed by atoms with van der Waals surface area (Å²) in [5.74, 6) is 0. The molecular formula is C23H31NS. The minimum absolute atomic E-state index is 0.715. The fourth-order valence-corrected chi connectivity index (χ4v) is 3.06. The predicted molar refractivity (Wildman–Crippen MR) is 117 cm³/mol. The molecule has 0 aromatic heterocycles. The molecule has 1 nitrogen and oxygen atoms in total. The zero-order valence-corrected chi connectivity index (χ0v) is 17.3. The van der Waals surface area contributed by atoms with Crippen LogP contribution in [0.2, 0.25) is 0 Å². The molecule has 0 spiro atoms. The first-order valence-corrected chi connectivity index (χ1v) is 9.43. The van der Waals surface area contributed by atoms with Gasteiger partial charge in [-0.25, -0.2) is 0 Å². The Morgan fingerprint density at radius 3 is 2.32 bits per heavy atom. The Hall–Kier alpha value is -1.93. The van der Waals surface area contributed by atoms with Crippen molar-refractivity contribution in [1.82, 2.24) is 0 Å². The van der Waals surface area contributed by atoms with Crippen molar-refractivity contribution in [3.8, 4) is 0 Å². The standard InChI is InChI=1S/C21H25NS.C2H6/c1-6-18-9-8-10-19(14-18)20(7-2)22(17(5)23)21-12-11-15(3)13-16(21)4;1-2/h7-14,23H,5-6H2,1-4H3;1-2H3/b20-7-;. The lowest BCUT2D eigenvalue weighted by atomic mass is 10.0. The minimum Gasteiger partial charge on any atom is -0.305 e. The number of nitrogens with zero attached hydrogens (tertiary/aromatic N) is 1. The highest BCUT2D eigenvalue weighted by Gasteiger charge is 2.17. The molecule has 0 saturated heterocycles. The summed E-state index contributed by atoms with van der Waals surface area (Å²) in [6.07, 6.45) is 3.14. The van der Waals surface area contributed by atoms with Gasteiger partial charge in [-0.3, -0.25) is 0 Å². The molecule has 2 rings (SSSR count). The van der Waals surface area contributed by atoms with E-state index in [0.717, 1.165) is 17.8 Å². The van der Waals surface area contributed by atoms with Crippen LogP contribution in [0.5, 0.6) is 0 Å². The first-order chi connectivity index (χ1) is 12.0. The lowest BCUT2D eigenvalue weighted by Gasteiger charge is -2.29. The summed E-state index contributed by atoms with van der Waals surface area (Å²) in [4.78, 5) is 2.12. The second kappa shape index (κ2) is 10.1. The molecule has 134 valence electrons. The van der Waals surface area contributed by atoms with E-state index in [1.807, 2.05) is 13.8 Å². The smallest absolute Gasteiger partial charge is 0.0695 e. The van der Waals surface area contributed by atoms with E-state index >= 15 is 0 Å². The number of rotatable bonds is 5. The predicted octanol–water partition coefficient (Wildman–Crippen LogP) is 7.16. The normalized spacial score (nSPS) is 10.8. The lowest BCUT2D eigenvalue weighted by molar-refractivity contribution is 1.13. The molecule has 0 fully saturated rings. The number of thiol groups is 1. The zero-order valence-electron chi connectivity index (χ0n) is 16.4. The maximum Gasteiger partial charge on any atom is 0.0695 e. The topological polar surface area (TPSA) is 3.24 Å². The van der Waals surface area contributed by atoms with E-state index in [4.69, 9.17) is 0 Å². The number of allylic oxidation sites excluding steroid dienone is 1. The van der Waals surface area contributed by atoms with Crippen LogP contribution >= 0.6 is 12.6 Å². The Morgan fingerprint density at radius 1 is 1.12 bits per heavy atom. The molecule has 0 bridgehead atoms. The van der Waals surface area contributed by atoms with Crippen LogP contribution in [0.15, 0.2) is 60.1 Å². The van der Waals surface area contributed by atoms with Crippen LogP contribution in [-0.2, 0) is 6.42 Å². The summed E-state index contributed by atoms with van der Waals surface area (Å²) in [5, 5.41) is 0.715. The number of hydrogen-bond acceptors (Lipinski definition) is 2. The summed E-state index contributed by atoms with van der Waals surface area (Å²) < 4.78 is 0. The SMILES string of the molecule is C=C(S)N(/C(=C\C)c1cccc(CC)c1)c1ccc(C)cc1C.CC. The molecular weight excluding hydrogens is 322 g/mol. The third kappa shape index (κ3) is 5.27. The molecule has 25 heavy (non-hydrogen) atoms. The number of benzene rings is 2. The Balaban J connectivity index is 0.00000151. The Labute approximate surface area is 159 Å². The second-order valence-electron chi connectivity index (χ2n) is 5.77. The average Bonchev–Trinajstić information content (AvgIpc) is 2.62. The molecule has 2 aromatic rings. The third-order valence-electron chi connectivity index (χ3n) is 4.00. The Kier molecular flexibility index (Phi) is 8.57. The van der Waals surface area contributed by atoms with Gasteiger partial charge >= 0.3 is 0 Å². The molecule has 2 aromatic carbocycles.